The molecule has 0 amide bonds. The molecule has 0 aliphatic carbocycles. The van der Waals surface area contributed by atoms with Gasteiger partial charge in [0.15, 0.2) is 0 Å². The van der Waals surface area contributed by atoms with E-state index in [1.807, 2.05) is 12.1 Å². The van der Waals surface area contributed by atoms with Gasteiger partial charge in [-0.2, -0.15) is 0 Å². The van der Waals surface area contributed by atoms with Crippen LogP contribution >= 0.6 is 0 Å². The summed E-state index contributed by atoms with van der Waals surface area (Å²) in [5.41, 5.74) is 8.39. The molecule has 1 aromatic carbocycles. The Morgan fingerprint density at radius 1 is 1.32 bits per heavy atom. The third-order valence-electron chi connectivity index (χ3n) is 3.44. The Labute approximate surface area is 112 Å². The number of nitrogens with one attached hydrogen (secondary N) is 2. The largest absolute Gasteiger partial charge is 0.330 e. The second-order valence-electron chi connectivity index (χ2n) is 5.33. The van der Waals surface area contributed by atoms with Crippen molar-refractivity contribution in [2.75, 3.05) is 20.1 Å². The molecule has 0 fully saturated rings. The van der Waals surface area contributed by atoms with Crippen LogP contribution in [0.15, 0.2) is 23.0 Å². The molecule has 1 atom stereocenters. The van der Waals surface area contributed by atoms with E-state index < -0.39 is 0 Å². The number of nitrogens with two attached hydrogens (primary N) is 1. The molecule has 1 aromatic heterocycles. The Balaban J connectivity index is 1.98. The highest BCUT2D eigenvalue weighted by Gasteiger charge is 2.05. The van der Waals surface area contributed by atoms with Crippen LogP contribution in [0.25, 0.3) is 11.0 Å². The summed E-state index contributed by atoms with van der Waals surface area (Å²) >= 11 is 0. The molecule has 104 valence electrons. The zero-order chi connectivity index (χ0) is 13.8. The van der Waals surface area contributed by atoms with Crippen molar-refractivity contribution >= 4 is 11.0 Å². The summed E-state index contributed by atoms with van der Waals surface area (Å²) in [5.74, 6) is 0.561. The molecule has 1 heterocycles. The molecular weight excluding hydrogens is 240 g/mol. The van der Waals surface area contributed by atoms with Gasteiger partial charge in [0.1, 0.15) is 0 Å². The summed E-state index contributed by atoms with van der Waals surface area (Å²) in [6.07, 6.45) is 1.11. The Morgan fingerprint density at radius 3 is 2.79 bits per heavy atom. The fourth-order valence-corrected chi connectivity index (χ4v) is 2.13. The molecule has 5 nitrogen and oxygen atoms in total. The number of aromatic amines is 2. The smallest absolute Gasteiger partial charge is 0.323 e. The minimum Gasteiger partial charge on any atom is -0.330 e. The van der Waals surface area contributed by atoms with E-state index in [1.165, 1.54) is 5.56 Å². The Hall–Kier alpha value is -1.59. The van der Waals surface area contributed by atoms with Gasteiger partial charge in [0.25, 0.3) is 0 Å². The summed E-state index contributed by atoms with van der Waals surface area (Å²) in [7, 11) is 2.10. The maximum atomic E-state index is 11.2. The number of rotatable bonds is 6. The van der Waals surface area contributed by atoms with E-state index in [0.29, 0.717) is 5.92 Å². The lowest BCUT2D eigenvalue weighted by atomic mass is 10.1. The van der Waals surface area contributed by atoms with E-state index in [4.69, 9.17) is 5.73 Å². The van der Waals surface area contributed by atoms with Gasteiger partial charge in [-0.05, 0) is 50.2 Å². The lowest BCUT2D eigenvalue weighted by molar-refractivity contribution is 0.300. The number of nitrogens with zero attached hydrogens (tertiary/aromatic N) is 1. The zero-order valence-electron chi connectivity index (χ0n) is 11.6. The van der Waals surface area contributed by atoms with Crippen LogP contribution in [0.5, 0.6) is 0 Å². The minimum absolute atomic E-state index is 0.155. The van der Waals surface area contributed by atoms with Gasteiger partial charge in [0.2, 0.25) is 0 Å². The second-order valence-corrected chi connectivity index (χ2v) is 5.33. The number of hydrogen-bond donors (Lipinski definition) is 3. The van der Waals surface area contributed by atoms with Crippen LogP contribution in [0.2, 0.25) is 0 Å². The molecule has 19 heavy (non-hydrogen) atoms. The summed E-state index contributed by atoms with van der Waals surface area (Å²) in [6, 6.07) is 6.02. The third kappa shape index (κ3) is 3.68. The summed E-state index contributed by atoms with van der Waals surface area (Å²) < 4.78 is 0. The predicted molar refractivity (Wildman–Crippen MR) is 78.1 cm³/mol. The van der Waals surface area contributed by atoms with Gasteiger partial charge < -0.3 is 20.6 Å². The van der Waals surface area contributed by atoms with E-state index in [0.717, 1.165) is 37.1 Å². The van der Waals surface area contributed by atoms with Crippen LogP contribution in [-0.2, 0) is 6.54 Å². The van der Waals surface area contributed by atoms with Crippen LogP contribution in [-0.4, -0.2) is 35.0 Å². The number of aromatic nitrogens is 2. The number of imidazole rings is 1. The van der Waals surface area contributed by atoms with Crippen molar-refractivity contribution in [1.82, 2.24) is 14.9 Å². The summed E-state index contributed by atoms with van der Waals surface area (Å²) in [4.78, 5) is 19.0. The first-order valence-corrected chi connectivity index (χ1v) is 6.68. The van der Waals surface area contributed by atoms with Crippen molar-refractivity contribution in [2.24, 2.45) is 11.7 Å². The first-order valence-electron chi connectivity index (χ1n) is 6.68. The summed E-state index contributed by atoms with van der Waals surface area (Å²) in [5, 5.41) is 0. The summed E-state index contributed by atoms with van der Waals surface area (Å²) in [6.45, 7) is 4.81. The van der Waals surface area contributed by atoms with Crippen molar-refractivity contribution in [3.8, 4) is 0 Å². The standard InChI is InChI=1S/C14H22N4O/c1-10(8-15)5-6-18(2)9-11-3-4-12-13(7-11)17-14(19)16-12/h3-4,7,10H,5-6,8-9,15H2,1-2H3,(H2,16,17,19). The van der Waals surface area contributed by atoms with Crippen molar-refractivity contribution in [3.05, 3.63) is 34.2 Å². The van der Waals surface area contributed by atoms with Gasteiger partial charge in [0.05, 0.1) is 11.0 Å². The van der Waals surface area contributed by atoms with Gasteiger partial charge in [-0.1, -0.05) is 13.0 Å². The number of benzene rings is 1. The molecule has 5 heteroatoms. The lowest BCUT2D eigenvalue weighted by Crippen LogP contribution is -2.23. The van der Waals surface area contributed by atoms with Crippen molar-refractivity contribution in [3.63, 3.8) is 0 Å². The molecular formula is C14H22N4O. The monoisotopic (exact) mass is 262 g/mol. The van der Waals surface area contributed by atoms with Gasteiger partial charge in [0, 0.05) is 6.54 Å². The van der Waals surface area contributed by atoms with Gasteiger partial charge in [-0.15, -0.1) is 0 Å². The molecule has 0 aliphatic rings. The van der Waals surface area contributed by atoms with Crippen LogP contribution in [0, 0.1) is 5.92 Å². The SMILES string of the molecule is CC(CN)CCN(C)Cc1ccc2[nH]c(=O)[nH]c2c1. The van der Waals surface area contributed by atoms with Crippen LogP contribution in [0.3, 0.4) is 0 Å². The molecule has 2 rings (SSSR count). The number of fused-ring (bicyclic) bond motifs is 1. The lowest BCUT2D eigenvalue weighted by Gasteiger charge is -2.18. The normalized spacial score (nSPS) is 13.3. The Bertz CT molecular complexity index is 586. The van der Waals surface area contributed by atoms with E-state index in [9.17, 15) is 4.79 Å². The topological polar surface area (TPSA) is 77.9 Å². The molecule has 0 saturated carbocycles. The molecule has 0 aliphatic heterocycles. The molecule has 0 saturated heterocycles. The minimum atomic E-state index is -0.155. The molecule has 0 spiro atoms. The van der Waals surface area contributed by atoms with Crippen molar-refractivity contribution in [1.29, 1.82) is 0 Å². The zero-order valence-corrected chi connectivity index (χ0v) is 11.6. The highest BCUT2D eigenvalue weighted by molar-refractivity contribution is 5.74. The van der Waals surface area contributed by atoms with Crippen LogP contribution < -0.4 is 11.4 Å². The molecule has 0 bridgehead atoms. The van der Waals surface area contributed by atoms with Gasteiger partial charge in [-0.3, -0.25) is 0 Å². The number of hydrogen-bond acceptors (Lipinski definition) is 3. The molecule has 0 radical (unpaired) electrons. The predicted octanol–water partition coefficient (Wildman–Crippen LogP) is 1.27. The third-order valence-corrected chi connectivity index (χ3v) is 3.44. The highest BCUT2D eigenvalue weighted by atomic mass is 16.1. The van der Waals surface area contributed by atoms with E-state index >= 15 is 0 Å². The van der Waals surface area contributed by atoms with Crippen molar-refractivity contribution in [2.45, 2.75) is 19.9 Å². The fourth-order valence-electron chi connectivity index (χ4n) is 2.13. The maximum Gasteiger partial charge on any atom is 0.323 e. The van der Waals surface area contributed by atoms with Gasteiger partial charge in [-0.25, -0.2) is 4.79 Å². The quantitative estimate of drug-likeness (QED) is 0.733. The van der Waals surface area contributed by atoms with Gasteiger partial charge >= 0.3 is 5.69 Å². The van der Waals surface area contributed by atoms with E-state index in [2.05, 4.69) is 34.9 Å². The molecule has 2 aromatic rings. The van der Waals surface area contributed by atoms with E-state index in [-0.39, 0.29) is 5.69 Å². The molecule has 1 unspecified atom stereocenters. The molecule has 4 N–H and O–H groups in total. The maximum absolute atomic E-state index is 11.2. The number of H-pyrrole nitrogens is 2. The highest BCUT2D eigenvalue weighted by Crippen LogP contribution is 2.12. The average Bonchev–Trinajstić information content (AvgIpc) is 2.75. The van der Waals surface area contributed by atoms with Crippen molar-refractivity contribution < 1.29 is 0 Å². The Morgan fingerprint density at radius 2 is 2.05 bits per heavy atom. The first-order chi connectivity index (χ1) is 9.08. The van der Waals surface area contributed by atoms with Crippen LogP contribution in [0.1, 0.15) is 18.9 Å². The van der Waals surface area contributed by atoms with E-state index in [1.54, 1.807) is 0 Å². The Kier molecular flexibility index (Phi) is 4.39. The second kappa shape index (κ2) is 6.04. The first kappa shape index (κ1) is 13.8. The van der Waals surface area contributed by atoms with Crippen LogP contribution in [0.4, 0.5) is 0 Å². The average molecular weight is 262 g/mol. The fraction of sp³-hybridized carbons (Fsp3) is 0.500.